The van der Waals surface area contributed by atoms with Crippen LogP contribution >= 0.6 is 0 Å². The van der Waals surface area contributed by atoms with Gasteiger partial charge in [-0.15, -0.1) is 0 Å². The van der Waals surface area contributed by atoms with E-state index in [1.54, 1.807) is 7.05 Å². The molecule has 14 heavy (non-hydrogen) atoms. The zero-order chi connectivity index (χ0) is 10.2. The van der Waals surface area contributed by atoms with Crippen LogP contribution in [0, 0.1) is 0 Å². The second-order valence-electron chi connectivity index (χ2n) is 3.25. The van der Waals surface area contributed by atoms with Crippen LogP contribution in [-0.2, 0) is 10.0 Å². The predicted molar refractivity (Wildman–Crippen MR) is 50.2 cm³/mol. The molecule has 0 aliphatic carbocycles. The van der Waals surface area contributed by atoms with Crippen molar-refractivity contribution in [1.29, 1.82) is 0 Å². The molecule has 1 aliphatic heterocycles. The van der Waals surface area contributed by atoms with Crippen LogP contribution in [0.5, 0.6) is 0 Å². The molecule has 6 nitrogen and oxygen atoms in total. The van der Waals surface area contributed by atoms with Crippen LogP contribution in [0.3, 0.4) is 0 Å². The summed E-state index contributed by atoms with van der Waals surface area (Å²) in [5, 5.41) is 9.26. The fourth-order valence-corrected chi connectivity index (χ4v) is 2.52. The van der Waals surface area contributed by atoms with E-state index in [1.807, 2.05) is 0 Å². The predicted octanol–water partition coefficient (Wildman–Crippen LogP) is -0.998. The van der Waals surface area contributed by atoms with Gasteiger partial charge in [0.15, 0.2) is 5.03 Å². The molecule has 1 saturated heterocycles. The maximum absolute atomic E-state index is 11.9. The minimum atomic E-state index is -3.38. The third-order valence-electron chi connectivity index (χ3n) is 2.41. The SMILES string of the molecule is CN(C1CNC1)S(=O)(=O)c1ccn[nH]1. The molecule has 0 bridgehead atoms. The Morgan fingerprint density at radius 3 is 2.71 bits per heavy atom. The van der Waals surface area contributed by atoms with Crippen LogP contribution in [0.2, 0.25) is 0 Å². The summed E-state index contributed by atoms with van der Waals surface area (Å²) in [4.78, 5) is 0. The van der Waals surface area contributed by atoms with Gasteiger partial charge in [-0.1, -0.05) is 0 Å². The second-order valence-corrected chi connectivity index (χ2v) is 5.22. The van der Waals surface area contributed by atoms with Gasteiger partial charge in [0, 0.05) is 26.2 Å². The molecule has 0 unspecified atom stereocenters. The first-order valence-corrected chi connectivity index (χ1v) is 5.74. The van der Waals surface area contributed by atoms with Gasteiger partial charge in [0.2, 0.25) is 0 Å². The van der Waals surface area contributed by atoms with Gasteiger partial charge in [-0.25, -0.2) is 8.42 Å². The zero-order valence-corrected chi connectivity index (χ0v) is 8.58. The molecule has 1 fully saturated rings. The standard InChI is InChI=1S/C7H12N4O2S/c1-11(6-4-8-5-6)14(12,13)7-2-3-9-10-7/h2-3,6,8H,4-5H2,1H3,(H,9,10). The Balaban J connectivity index is 2.23. The molecule has 2 rings (SSSR count). The molecule has 0 spiro atoms. The molecule has 78 valence electrons. The quantitative estimate of drug-likeness (QED) is 0.679. The van der Waals surface area contributed by atoms with Crippen LogP contribution in [0.25, 0.3) is 0 Å². The topological polar surface area (TPSA) is 78.1 Å². The molecule has 0 atom stereocenters. The lowest BCUT2D eigenvalue weighted by Gasteiger charge is -2.34. The molecule has 1 aromatic heterocycles. The van der Waals surface area contributed by atoms with Crippen molar-refractivity contribution in [1.82, 2.24) is 19.8 Å². The summed E-state index contributed by atoms with van der Waals surface area (Å²) in [7, 11) is -1.80. The first-order valence-electron chi connectivity index (χ1n) is 4.30. The molecular weight excluding hydrogens is 204 g/mol. The van der Waals surface area contributed by atoms with Crippen molar-refractivity contribution in [2.75, 3.05) is 20.1 Å². The summed E-state index contributed by atoms with van der Waals surface area (Å²) < 4.78 is 25.1. The van der Waals surface area contributed by atoms with Gasteiger partial charge in [-0.2, -0.15) is 9.40 Å². The highest BCUT2D eigenvalue weighted by molar-refractivity contribution is 7.89. The molecule has 1 aromatic rings. The fourth-order valence-electron chi connectivity index (χ4n) is 1.27. The van der Waals surface area contributed by atoms with Gasteiger partial charge in [-0.3, -0.25) is 5.10 Å². The van der Waals surface area contributed by atoms with E-state index in [-0.39, 0.29) is 11.1 Å². The number of sulfonamides is 1. The molecule has 0 saturated carbocycles. The number of H-pyrrole nitrogens is 1. The normalized spacial score (nSPS) is 18.4. The van der Waals surface area contributed by atoms with Crippen molar-refractivity contribution >= 4 is 10.0 Å². The number of nitrogens with one attached hydrogen (secondary N) is 2. The maximum Gasteiger partial charge on any atom is 0.260 e. The van der Waals surface area contributed by atoms with Gasteiger partial charge in [0.1, 0.15) is 0 Å². The lowest BCUT2D eigenvalue weighted by Crippen LogP contribution is -2.57. The highest BCUT2D eigenvalue weighted by Gasteiger charge is 2.32. The highest BCUT2D eigenvalue weighted by Crippen LogP contribution is 2.15. The lowest BCUT2D eigenvalue weighted by atomic mass is 10.2. The average molecular weight is 216 g/mol. The molecule has 0 amide bonds. The zero-order valence-electron chi connectivity index (χ0n) is 7.77. The second kappa shape index (κ2) is 3.34. The summed E-state index contributed by atoms with van der Waals surface area (Å²) in [5.74, 6) is 0. The van der Waals surface area contributed by atoms with Crippen LogP contribution in [-0.4, -0.2) is 49.1 Å². The van der Waals surface area contributed by atoms with Gasteiger partial charge in [0.25, 0.3) is 10.0 Å². The van der Waals surface area contributed by atoms with E-state index in [1.165, 1.54) is 16.6 Å². The van der Waals surface area contributed by atoms with Crippen LogP contribution in [0.4, 0.5) is 0 Å². The summed E-state index contributed by atoms with van der Waals surface area (Å²) >= 11 is 0. The van der Waals surface area contributed by atoms with E-state index in [2.05, 4.69) is 15.5 Å². The summed E-state index contributed by atoms with van der Waals surface area (Å²) in [6.07, 6.45) is 1.43. The highest BCUT2D eigenvalue weighted by atomic mass is 32.2. The lowest BCUT2D eigenvalue weighted by molar-refractivity contribution is 0.273. The molecular formula is C7H12N4O2S. The van der Waals surface area contributed by atoms with Crippen LogP contribution in [0.1, 0.15) is 0 Å². The largest absolute Gasteiger partial charge is 0.313 e. The van der Waals surface area contributed by atoms with Crippen molar-refractivity contribution in [2.24, 2.45) is 0 Å². The third-order valence-corrected chi connectivity index (χ3v) is 4.25. The monoisotopic (exact) mass is 216 g/mol. The first kappa shape index (κ1) is 9.63. The Morgan fingerprint density at radius 2 is 2.29 bits per heavy atom. The van der Waals surface area contributed by atoms with Crippen LogP contribution in [0.15, 0.2) is 17.3 Å². The number of rotatable bonds is 3. The number of hydrogen-bond donors (Lipinski definition) is 2. The van der Waals surface area contributed by atoms with Gasteiger partial charge < -0.3 is 5.32 Å². The van der Waals surface area contributed by atoms with E-state index >= 15 is 0 Å². The van der Waals surface area contributed by atoms with E-state index in [4.69, 9.17) is 0 Å². The van der Waals surface area contributed by atoms with E-state index < -0.39 is 10.0 Å². The van der Waals surface area contributed by atoms with Crippen molar-refractivity contribution < 1.29 is 8.42 Å². The minimum absolute atomic E-state index is 0.0586. The smallest absolute Gasteiger partial charge is 0.260 e. The maximum atomic E-state index is 11.9. The van der Waals surface area contributed by atoms with Gasteiger partial charge in [-0.05, 0) is 6.07 Å². The third kappa shape index (κ3) is 1.43. The van der Waals surface area contributed by atoms with Crippen molar-refractivity contribution in [2.45, 2.75) is 11.1 Å². The van der Waals surface area contributed by atoms with Crippen molar-refractivity contribution in [3.63, 3.8) is 0 Å². The Morgan fingerprint density at radius 1 is 1.57 bits per heavy atom. The summed E-state index contributed by atoms with van der Waals surface area (Å²) in [5.41, 5.74) is 0. The van der Waals surface area contributed by atoms with Gasteiger partial charge >= 0.3 is 0 Å². The fraction of sp³-hybridized carbons (Fsp3) is 0.571. The molecule has 0 radical (unpaired) electrons. The molecule has 1 aliphatic rings. The Hall–Kier alpha value is -0.920. The number of hydrogen-bond acceptors (Lipinski definition) is 4. The number of nitrogens with zero attached hydrogens (tertiary/aromatic N) is 2. The van der Waals surface area contributed by atoms with E-state index in [0.717, 1.165) is 0 Å². The van der Waals surface area contributed by atoms with Crippen molar-refractivity contribution in [3.05, 3.63) is 12.3 Å². The van der Waals surface area contributed by atoms with E-state index in [9.17, 15) is 8.42 Å². The number of likely N-dealkylation sites (N-methyl/N-ethyl adjacent to an activating group) is 1. The van der Waals surface area contributed by atoms with Crippen LogP contribution < -0.4 is 5.32 Å². The Labute approximate surface area is 82.4 Å². The molecule has 2 heterocycles. The number of aromatic nitrogens is 2. The minimum Gasteiger partial charge on any atom is -0.313 e. The average Bonchev–Trinajstić information content (AvgIpc) is 2.52. The Kier molecular flexibility index (Phi) is 2.30. The first-order chi connectivity index (χ1) is 6.62. The summed E-state index contributed by atoms with van der Waals surface area (Å²) in [6, 6.07) is 1.51. The molecule has 2 N–H and O–H groups in total. The summed E-state index contributed by atoms with van der Waals surface area (Å²) in [6.45, 7) is 1.42. The molecule has 7 heteroatoms. The molecule has 0 aromatic carbocycles. The number of aromatic amines is 1. The van der Waals surface area contributed by atoms with E-state index in [0.29, 0.717) is 13.1 Å². The van der Waals surface area contributed by atoms with Crippen molar-refractivity contribution in [3.8, 4) is 0 Å². The Bertz CT molecular complexity index is 395. The van der Waals surface area contributed by atoms with Gasteiger partial charge in [0.05, 0.1) is 6.20 Å².